The summed E-state index contributed by atoms with van der Waals surface area (Å²) in [7, 11) is 0. The summed E-state index contributed by atoms with van der Waals surface area (Å²) in [5.74, 6) is 0.0745. The van der Waals surface area contributed by atoms with E-state index in [0.717, 1.165) is 44.0 Å². The van der Waals surface area contributed by atoms with E-state index in [4.69, 9.17) is 0 Å². The molecule has 0 atom stereocenters. The van der Waals surface area contributed by atoms with Gasteiger partial charge in [0, 0.05) is 43.8 Å². The van der Waals surface area contributed by atoms with Crippen molar-refractivity contribution in [3.05, 3.63) is 76.8 Å². The van der Waals surface area contributed by atoms with Gasteiger partial charge in [-0.15, -0.1) is 11.3 Å². The van der Waals surface area contributed by atoms with Crippen LogP contribution in [0.4, 0.5) is 15.6 Å². The first-order valence-electron chi connectivity index (χ1n) is 10.7. The van der Waals surface area contributed by atoms with Crippen LogP contribution in [0, 0.1) is 6.92 Å². The molecule has 1 saturated heterocycles. The summed E-state index contributed by atoms with van der Waals surface area (Å²) in [5, 5.41) is 7.83. The first kappa shape index (κ1) is 22.0. The first-order chi connectivity index (χ1) is 15.5. The second kappa shape index (κ2) is 10.4. The minimum atomic E-state index is -0.350. The van der Waals surface area contributed by atoms with Gasteiger partial charge in [-0.05, 0) is 30.2 Å². The molecule has 0 radical (unpaired) electrons. The molecule has 1 fully saturated rings. The molecule has 0 unspecified atom stereocenters. The predicted octanol–water partition coefficient (Wildman–Crippen LogP) is 3.98. The number of benzene rings is 2. The Hall–Kier alpha value is -3.23. The van der Waals surface area contributed by atoms with Gasteiger partial charge in [0.15, 0.2) is 5.13 Å². The van der Waals surface area contributed by atoms with Gasteiger partial charge in [0.05, 0.1) is 12.1 Å². The van der Waals surface area contributed by atoms with E-state index in [0.29, 0.717) is 10.8 Å². The number of carbonyl (C=O) groups excluding carboxylic acids is 2. The second-order valence-electron chi connectivity index (χ2n) is 7.91. The molecule has 1 aliphatic heterocycles. The lowest BCUT2D eigenvalue weighted by molar-refractivity contribution is -0.132. The summed E-state index contributed by atoms with van der Waals surface area (Å²) in [6, 6.07) is 17.6. The Morgan fingerprint density at radius 3 is 2.53 bits per heavy atom. The van der Waals surface area contributed by atoms with Gasteiger partial charge in [-0.2, -0.15) is 0 Å². The lowest BCUT2D eigenvalue weighted by atomic mass is 10.2. The first-order valence-corrected chi connectivity index (χ1v) is 11.6. The minimum absolute atomic E-state index is 0.0745. The number of hydrogen-bond acceptors (Lipinski definition) is 5. The van der Waals surface area contributed by atoms with E-state index in [9.17, 15) is 9.59 Å². The summed E-state index contributed by atoms with van der Waals surface area (Å²) < 4.78 is 0. The monoisotopic (exact) mass is 449 g/mol. The number of amides is 3. The van der Waals surface area contributed by atoms with Gasteiger partial charge in [-0.25, -0.2) is 9.78 Å². The van der Waals surface area contributed by atoms with E-state index in [1.165, 1.54) is 16.9 Å². The topological polar surface area (TPSA) is 77.6 Å². The van der Waals surface area contributed by atoms with Crippen molar-refractivity contribution < 1.29 is 9.59 Å². The van der Waals surface area contributed by atoms with Crippen LogP contribution in [0.1, 0.15) is 16.8 Å². The SMILES string of the molecule is Cc1cccc(NC(=O)Nc2nc(CC(=O)N3CCN(Cc4ccccc4)CC3)cs2)c1. The third kappa shape index (κ3) is 6.15. The van der Waals surface area contributed by atoms with Gasteiger partial charge >= 0.3 is 6.03 Å². The van der Waals surface area contributed by atoms with E-state index in [-0.39, 0.29) is 18.4 Å². The summed E-state index contributed by atoms with van der Waals surface area (Å²) in [6.45, 7) is 6.05. The maximum Gasteiger partial charge on any atom is 0.325 e. The fraction of sp³-hybridized carbons (Fsp3) is 0.292. The third-order valence-electron chi connectivity index (χ3n) is 5.35. The number of aromatic nitrogens is 1. The van der Waals surface area contributed by atoms with Gasteiger partial charge in [-0.1, -0.05) is 42.5 Å². The summed E-state index contributed by atoms with van der Waals surface area (Å²) in [5.41, 5.74) is 3.76. The molecule has 3 aromatic rings. The standard InChI is InChI=1S/C24H27N5O2S/c1-18-6-5-9-20(14-18)25-23(31)27-24-26-21(17-32-24)15-22(30)29-12-10-28(11-13-29)16-19-7-3-2-4-8-19/h2-9,14,17H,10-13,15-16H2,1H3,(H2,25,26,27,31). The highest BCUT2D eigenvalue weighted by atomic mass is 32.1. The van der Waals surface area contributed by atoms with Crippen molar-refractivity contribution in [3.8, 4) is 0 Å². The quantitative estimate of drug-likeness (QED) is 0.597. The maximum atomic E-state index is 12.7. The van der Waals surface area contributed by atoms with Crippen LogP contribution in [-0.4, -0.2) is 52.9 Å². The van der Waals surface area contributed by atoms with E-state index in [1.54, 1.807) is 0 Å². The number of aryl methyl sites for hydroxylation is 1. The zero-order valence-electron chi connectivity index (χ0n) is 18.1. The Balaban J connectivity index is 1.23. The van der Waals surface area contributed by atoms with Crippen LogP contribution in [0.25, 0.3) is 0 Å². The molecule has 166 valence electrons. The highest BCUT2D eigenvalue weighted by Crippen LogP contribution is 2.18. The molecule has 0 bridgehead atoms. The number of nitrogens with zero attached hydrogens (tertiary/aromatic N) is 3. The predicted molar refractivity (Wildman–Crippen MR) is 128 cm³/mol. The Bertz CT molecular complexity index is 1060. The van der Waals surface area contributed by atoms with Crippen molar-refractivity contribution in [1.29, 1.82) is 0 Å². The van der Waals surface area contributed by atoms with E-state index in [2.05, 4.69) is 44.8 Å². The minimum Gasteiger partial charge on any atom is -0.340 e. The van der Waals surface area contributed by atoms with E-state index in [1.807, 2.05) is 47.5 Å². The zero-order chi connectivity index (χ0) is 22.3. The number of hydrogen-bond donors (Lipinski definition) is 2. The van der Waals surface area contributed by atoms with Crippen LogP contribution in [0.3, 0.4) is 0 Å². The second-order valence-corrected chi connectivity index (χ2v) is 8.77. The number of anilines is 2. The van der Waals surface area contributed by atoms with Crippen LogP contribution >= 0.6 is 11.3 Å². The average Bonchev–Trinajstić information content (AvgIpc) is 3.21. The van der Waals surface area contributed by atoms with Crippen molar-refractivity contribution in [2.24, 2.45) is 0 Å². The Morgan fingerprint density at radius 2 is 1.78 bits per heavy atom. The molecule has 7 nitrogen and oxygen atoms in total. The van der Waals surface area contributed by atoms with Crippen molar-refractivity contribution >= 4 is 34.1 Å². The Labute approximate surface area is 192 Å². The lowest BCUT2D eigenvalue weighted by Gasteiger charge is -2.34. The van der Waals surface area contributed by atoms with E-state index >= 15 is 0 Å². The van der Waals surface area contributed by atoms with Crippen molar-refractivity contribution in [1.82, 2.24) is 14.8 Å². The smallest absolute Gasteiger partial charge is 0.325 e. The molecule has 2 N–H and O–H groups in total. The fourth-order valence-electron chi connectivity index (χ4n) is 3.69. The number of urea groups is 1. The molecule has 1 aliphatic rings. The molecular formula is C24H27N5O2S. The van der Waals surface area contributed by atoms with Gasteiger partial charge in [0.25, 0.3) is 0 Å². The molecule has 2 aromatic carbocycles. The van der Waals surface area contributed by atoms with Crippen LogP contribution in [0.2, 0.25) is 0 Å². The van der Waals surface area contributed by atoms with Crippen molar-refractivity contribution in [3.63, 3.8) is 0 Å². The van der Waals surface area contributed by atoms with Crippen LogP contribution in [-0.2, 0) is 17.8 Å². The van der Waals surface area contributed by atoms with Crippen LogP contribution < -0.4 is 10.6 Å². The molecule has 3 amide bonds. The van der Waals surface area contributed by atoms with Gasteiger partial charge in [0.2, 0.25) is 5.91 Å². The molecule has 0 spiro atoms. The summed E-state index contributed by atoms with van der Waals surface area (Å²) >= 11 is 1.32. The molecule has 0 saturated carbocycles. The highest BCUT2D eigenvalue weighted by Gasteiger charge is 2.22. The number of nitrogens with one attached hydrogen (secondary N) is 2. The van der Waals surface area contributed by atoms with Gasteiger partial charge < -0.3 is 10.2 Å². The lowest BCUT2D eigenvalue weighted by Crippen LogP contribution is -2.48. The highest BCUT2D eigenvalue weighted by molar-refractivity contribution is 7.14. The molecule has 1 aromatic heterocycles. The Morgan fingerprint density at radius 1 is 1.00 bits per heavy atom. The largest absolute Gasteiger partial charge is 0.340 e. The number of rotatable bonds is 6. The summed E-state index contributed by atoms with van der Waals surface area (Å²) in [4.78, 5) is 33.6. The van der Waals surface area contributed by atoms with Gasteiger partial charge in [-0.3, -0.25) is 15.0 Å². The van der Waals surface area contributed by atoms with Crippen molar-refractivity contribution in [2.75, 3.05) is 36.8 Å². The maximum absolute atomic E-state index is 12.7. The van der Waals surface area contributed by atoms with Crippen LogP contribution in [0.5, 0.6) is 0 Å². The molecule has 2 heterocycles. The average molecular weight is 450 g/mol. The normalized spacial score (nSPS) is 14.2. The van der Waals surface area contributed by atoms with E-state index < -0.39 is 0 Å². The molecule has 4 rings (SSSR count). The van der Waals surface area contributed by atoms with Crippen LogP contribution in [0.15, 0.2) is 60.0 Å². The zero-order valence-corrected chi connectivity index (χ0v) is 18.9. The fourth-order valence-corrected chi connectivity index (χ4v) is 4.40. The number of thiazole rings is 1. The Kier molecular flexibility index (Phi) is 7.14. The van der Waals surface area contributed by atoms with Crippen molar-refractivity contribution in [2.45, 2.75) is 19.9 Å². The molecule has 8 heteroatoms. The number of carbonyl (C=O) groups is 2. The molecule has 32 heavy (non-hydrogen) atoms. The molecule has 0 aliphatic carbocycles. The molecular weight excluding hydrogens is 422 g/mol. The summed E-state index contributed by atoms with van der Waals surface area (Å²) in [6.07, 6.45) is 0.246. The van der Waals surface area contributed by atoms with Gasteiger partial charge in [0.1, 0.15) is 0 Å². The number of piperazine rings is 1. The third-order valence-corrected chi connectivity index (χ3v) is 6.16.